The molecule has 1 aromatic heterocycles. The number of hydrogen-bond acceptors (Lipinski definition) is 3. The minimum absolute atomic E-state index is 0.130. The second-order valence-corrected chi connectivity index (χ2v) is 7.24. The van der Waals surface area contributed by atoms with Crippen LogP contribution in [0.4, 0.5) is 0 Å². The maximum atomic E-state index is 12.7. The van der Waals surface area contributed by atoms with E-state index in [1.54, 1.807) is 24.3 Å². The van der Waals surface area contributed by atoms with Crippen molar-refractivity contribution in [2.45, 2.75) is 6.61 Å². The standard InChI is InChI=1S/C24H16ClNO3/c25-17-7-5-15(6-8-17)14-28-18-9-10-20-22(12-18)29-23(24(20)27)11-16-13-26-21-4-2-1-3-19(16)21/h1-13,26H,14H2/b23-11+. The van der Waals surface area contributed by atoms with E-state index in [-0.39, 0.29) is 5.78 Å². The summed E-state index contributed by atoms with van der Waals surface area (Å²) in [5.41, 5.74) is 3.47. The van der Waals surface area contributed by atoms with Crippen LogP contribution in [0.1, 0.15) is 21.5 Å². The number of benzene rings is 3. The normalized spacial score (nSPS) is 14.2. The predicted molar refractivity (Wildman–Crippen MR) is 113 cm³/mol. The van der Waals surface area contributed by atoms with Gasteiger partial charge in [0, 0.05) is 33.8 Å². The number of fused-ring (bicyclic) bond motifs is 2. The van der Waals surface area contributed by atoms with Crippen LogP contribution in [0.25, 0.3) is 17.0 Å². The molecule has 0 saturated heterocycles. The minimum Gasteiger partial charge on any atom is -0.489 e. The molecule has 0 aliphatic carbocycles. The van der Waals surface area contributed by atoms with Gasteiger partial charge >= 0.3 is 0 Å². The lowest BCUT2D eigenvalue weighted by Crippen LogP contribution is -1.97. The van der Waals surface area contributed by atoms with Crippen LogP contribution >= 0.6 is 11.6 Å². The summed E-state index contributed by atoms with van der Waals surface area (Å²) in [5.74, 6) is 1.32. The van der Waals surface area contributed by atoms with Crippen molar-refractivity contribution in [3.8, 4) is 11.5 Å². The summed E-state index contributed by atoms with van der Waals surface area (Å²) in [7, 11) is 0. The fourth-order valence-electron chi connectivity index (χ4n) is 3.36. The molecule has 29 heavy (non-hydrogen) atoms. The van der Waals surface area contributed by atoms with Crippen molar-refractivity contribution in [2.75, 3.05) is 0 Å². The first kappa shape index (κ1) is 17.6. The number of H-pyrrole nitrogens is 1. The number of carbonyl (C=O) groups excluding carboxylic acids is 1. The molecule has 1 aliphatic heterocycles. The van der Waals surface area contributed by atoms with Crippen molar-refractivity contribution in [1.29, 1.82) is 0 Å². The lowest BCUT2D eigenvalue weighted by molar-refractivity contribution is 0.101. The van der Waals surface area contributed by atoms with Gasteiger partial charge in [-0.1, -0.05) is 41.9 Å². The summed E-state index contributed by atoms with van der Waals surface area (Å²) in [6.45, 7) is 0.405. The average Bonchev–Trinajstić information content (AvgIpc) is 3.29. The van der Waals surface area contributed by atoms with Crippen LogP contribution in [0.5, 0.6) is 11.5 Å². The molecule has 142 valence electrons. The number of Topliss-reactive ketones (excluding diaryl/α,β-unsaturated/α-hetero) is 1. The van der Waals surface area contributed by atoms with E-state index < -0.39 is 0 Å². The van der Waals surface area contributed by atoms with Crippen LogP contribution in [0.3, 0.4) is 0 Å². The second kappa shape index (κ2) is 7.15. The van der Waals surface area contributed by atoms with Gasteiger partial charge in [-0.25, -0.2) is 0 Å². The molecule has 0 amide bonds. The van der Waals surface area contributed by atoms with Crippen LogP contribution in [-0.4, -0.2) is 10.8 Å². The zero-order chi connectivity index (χ0) is 19.8. The average molecular weight is 402 g/mol. The van der Waals surface area contributed by atoms with Gasteiger partial charge in [-0.2, -0.15) is 0 Å². The van der Waals surface area contributed by atoms with Crippen molar-refractivity contribution in [1.82, 2.24) is 4.98 Å². The molecule has 0 fully saturated rings. The van der Waals surface area contributed by atoms with E-state index in [2.05, 4.69) is 4.98 Å². The number of hydrogen-bond donors (Lipinski definition) is 1. The molecule has 1 N–H and O–H groups in total. The SMILES string of the molecule is O=C1/C(=C\c2c[nH]c3ccccc23)Oc2cc(OCc3ccc(Cl)cc3)ccc21. The molecular weight excluding hydrogens is 386 g/mol. The number of carbonyl (C=O) groups is 1. The highest BCUT2D eigenvalue weighted by molar-refractivity contribution is 6.30. The molecule has 0 spiro atoms. The van der Waals surface area contributed by atoms with E-state index >= 15 is 0 Å². The van der Waals surface area contributed by atoms with E-state index in [0.29, 0.717) is 34.5 Å². The van der Waals surface area contributed by atoms with Gasteiger partial charge in [-0.15, -0.1) is 0 Å². The Kier molecular flexibility index (Phi) is 4.34. The second-order valence-electron chi connectivity index (χ2n) is 6.80. The Morgan fingerprint density at radius 3 is 2.72 bits per heavy atom. The zero-order valence-electron chi connectivity index (χ0n) is 15.3. The summed E-state index contributed by atoms with van der Waals surface area (Å²) in [6.07, 6.45) is 3.65. The number of ketones is 1. The lowest BCUT2D eigenvalue weighted by Gasteiger charge is -2.07. The van der Waals surface area contributed by atoms with Crippen LogP contribution in [0, 0.1) is 0 Å². The maximum Gasteiger partial charge on any atom is 0.231 e. The molecule has 0 atom stereocenters. The smallest absolute Gasteiger partial charge is 0.231 e. The van der Waals surface area contributed by atoms with Gasteiger partial charge < -0.3 is 14.5 Å². The Balaban J connectivity index is 1.37. The minimum atomic E-state index is -0.130. The molecule has 4 nitrogen and oxygen atoms in total. The predicted octanol–water partition coefficient (Wildman–Crippen LogP) is 6.02. The molecule has 0 saturated carbocycles. The highest BCUT2D eigenvalue weighted by atomic mass is 35.5. The molecule has 0 bridgehead atoms. The van der Waals surface area contributed by atoms with Crippen molar-refractivity contribution in [3.63, 3.8) is 0 Å². The number of ether oxygens (including phenoxy) is 2. The third kappa shape index (κ3) is 3.39. The number of nitrogens with one attached hydrogen (secondary N) is 1. The van der Waals surface area contributed by atoms with Gasteiger partial charge in [0.2, 0.25) is 5.78 Å². The van der Waals surface area contributed by atoms with E-state index in [1.165, 1.54) is 0 Å². The number of allylic oxidation sites excluding steroid dienone is 1. The fraction of sp³-hybridized carbons (Fsp3) is 0.0417. The topological polar surface area (TPSA) is 51.3 Å². The van der Waals surface area contributed by atoms with Crippen LogP contribution in [-0.2, 0) is 6.61 Å². The summed E-state index contributed by atoms with van der Waals surface area (Å²) >= 11 is 5.91. The van der Waals surface area contributed by atoms with Gasteiger partial charge in [-0.3, -0.25) is 4.79 Å². The van der Waals surface area contributed by atoms with E-state index in [0.717, 1.165) is 22.0 Å². The Morgan fingerprint density at radius 1 is 1.03 bits per heavy atom. The number of halogens is 1. The molecule has 2 heterocycles. The summed E-state index contributed by atoms with van der Waals surface area (Å²) in [6, 6.07) is 20.7. The van der Waals surface area contributed by atoms with Gasteiger partial charge in [0.1, 0.15) is 18.1 Å². The number of rotatable bonds is 4. The van der Waals surface area contributed by atoms with E-state index in [9.17, 15) is 4.79 Å². The maximum absolute atomic E-state index is 12.7. The lowest BCUT2D eigenvalue weighted by atomic mass is 10.1. The molecular formula is C24H16ClNO3. The molecule has 0 radical (unpaired) electrons. The molecule has 0 unspecified atom stereocenters. The third-order valence-corrected chi connectivity index (χ3v) is 5.12. The highest BCUT2D eigenvalue weighted by Crippen LogP contribution is 2.35. The molecule has 5 heteroatoms. The van der Waals surface area contributed by atoms with Crippen LogP contribution in [0.2, 0.25) is 5.02 Å². The number of aromatic amines is 1. The van der Waals surface area contributed by atoms with Gasteiger partial charge in [0.25, 0.3) is 0 Å². The number of para-hydroxylation sites is 1. The van der Waals surface area contributed by atoms with Gasteiger partial charge in [0.05, 0.1) is 5.56 Å². The Bertz CT molecular complexity index is 1250. The van der Waals surface area contributed by atoms with Crippen molar-refractivity contribution in [3.05, 3.63) is 100 Å². The Labute approximate surface area is 172 Å². The largest absolute Gasteiger partial charge is 0.489 e. The first-order chi connectivity index (χ1) is 14.2. The van der Waals surface area contributed by atoms with Crippen molar-refractivity contribution >= 4 is 34.4 Å². The van der Waals surface area contributed by atoms with Crippen molar-refractivity contribution < 1.29 is 14.3 Å². The van der Waals surface area contributed by atoms with Crippen molar-refractivity contribution in [2.24, 2.45) is 0 Å². The summed E-state index contributed by atoms with van der Waals surface area (Å²) in [4.78, 5) is 15.9. The molecule has 1 aliphatic rings. The van der Waals surface area contributed by atoms with E-state index in [1.807, 2.05) is 54.7 Å². The first-order valence-corrected chi connectivity index (χ1v) is 9.57. The van der Waals surface area contributed by atoms with Gasteiger partial charge in [0.15, 0.2) is 5.76 Å². The first-order valence-electron chi connectivity index (χ1n) is 9.19. The monoisotopic (exact) mass is 401 g/mol. The van der Waals surface area contributed by atoms with Crippen LogP contribution < -0.4 is 9.47 Å². The molecule has 5 rings (SSSR count). The Morgan fingerprint density at radius 2 is 1.86 bits per heavy atom. The quantitative estimate of drug-likeness (QED) is 0.425. The number of aromatic nitrogens is 1. The summed E-state index contributed by atoms with van der Waals surface area (Å²) in [5, 5.41) is 1.73. The highest BCUT2D eigenvalue weighted by Gasteiger charge is 2.28. The molecule has 4 aromatic rings. The van der Waals surface area contributed by atoms with Crippen LogP contribution in [0.15, 0.2) is 78.7 Å². The zero-order valence-corrected chi connectivity index (χ0v) is 16.1. The fourth-order valence-corrected chi connectivity index (χ4v) is 3.48. The van der Waals surface area contributed by atoms with E-state index in [4.69, 9.17) is 21.1 Å². The van der Waals surface area contributed by atoms with Gasteiger partial charge in [-0.05, 0) is 42.0 Å². The molecule has 3 aromatic carbocycles. The third-order valence-electron chi connectivity index (χ3n) is 4.87. The Hall–Kier alpha value is -3.50. The summed E-state index contributed by atoms with van der Waals surface area (Å²) < 4.78 is 11.7.